The highest BCUT2D eigenvalue weighted by molar-refractivity contribution is 8.91. The SMILES string of the molecule is CCOS(=S)(=S)S. The predicted octanol–water partition coefficient (Wildman–Crippen LogP) is 0.860. The minimum atomic E-state index is -1.81. The fourth-order valence-corrected chi connectivity index (χ4v) is 1.34. The van der Waals surface area contributed by atoms with Crippen LogP contribution in [0, 0.1) is 0 Å². The van der Waals surface area contributed by atoms with Crippen molar-refractivity contribution in [3.63, 3.8) is 0 Å². The van der Waals surface area contributed by atoms with Gasteiger partial charge in [0.05, 0.1) is 13.1 Å². The highest BCUT2D eigenvalue weighted by Gasteiger charge is 1.86. The number of rotatable bonds is 2. The van der Waals surface area contributed by atoms with Crippen molar-refractivity contribution in [3.8, 4) is 0 Å². The van der Waals surface area contributed by atoms with Gasteiger partial charge in [0, 0.05) is 0 Å². The van der Waals surface area contributed by atoms with Gasteiger partial charge in [0.2, 0.25) is 0 Å². The second kappa shape index (κ2) is 3.19. The topological polar surface area (TPSA) is 9.23 Å². The summed E-state index contributed by atoms with van der Waals surface area (Å²) < 4.78 is 4.81. The van der Waals surface area contributed by atoms with Crippen LogP contribution in [0.4, 0.5) is 0 Å². The summed E-state index contributed by atoms with van der Waals surface area (Å²) >= 11 is 13.1. The molecule has 0 aromatic rings. The van der Waals surface area contributed by atoms with Crippen LogP contribution in [0.2, 0.25) is 0 Å². The van der Waals surface area contributed by atoms with E-state index in [1.54, 1.807) is 0 Å². The Morgan fingerprint density at radius 2 is 2.14 bits per heavy atom. The summed E-state index contributed by atoms with van der Waals surface area (Å²) in [4.78, 5) is 0. The summed E-state index contributed by atoms with van der Waals surface area (Å²) in [6, 6.07) is 0. The van der Waals surface area contributed by atoms with Crippen LogP contribution >= 0.6 is 11.7 Å². The monoisotopic (exact) mass is 174 g/mol. The Balaban J connectivity index is 3.60. The predicted molar refractivity (Wildman–Crippen MR) is 42.7 cm³/mol. The molecule has 0 aliphatic heterocycles. The maximum Gasteiger partial charge on any atom is 0.0679 e. The van der Waals surface area contributed by atoms with Gasteiger partial charge in [-0.3, -0.25) is 0 Å². The maximum absolute atomic E-state index is 4.81. The second-order valence-electron chi connectivity index (χ2n) is 0.834. The molecule has 0 spiro atoms. The molecule has 0 N–H and O–H groups in total. The standard InChI is InChI=1S/C2H6OS4/c1-2-3-7(4,5)6/h2H2,1H3,(H,4,5,6). The Hall–Kier alpha value is 1.10. The van der Waals surface area contributed by atoms with Crippen molar-refractivity contribution in [1.29, 1.82) is 0 Å². The Labute approximate surface area is 58.3 Å². The number of thiol groups is 1. The lowest BCUT2D eigenvalue weighted by molar-refractivity contribution is 0.402. The van der Waals surface area contributed by atoms with Gasteiger partial charge < -0.3 is 4.18 Å². The molecular formula is C2H6OS4. The zero-order valence-corrected chi connectivity index (χ0v) is 7.13. The molecule has 0 radical (unpaired) electrons. The van der Waals surface area contributed by atoms with Crippen LogP contribution in [0.25, 0.3) is 0 Å². The first-order chi connectivity index (χ1) is 3.06. The molecule has 0 atom stereocenters. The van der Waals surface area contributed by atoms with Crippen LogP contribution in [0.1, 0.15) is 6.92 Å². The molecule has 0 fully saturated rings. The molecule has 0 saturated heterocycles. The van der Waals surface area contributed by atoms with Gasteiger partial charge >= 0.3 is 0 Å². The third kappa shape index (κ3) is 7.10. The van der Waals surface area contributed by atoms with Crippen molar-refractivity contribution in [2.75, 3.05) is 6.61 Å². The lowest BCUT2D eigenvalue weighted by Gasteiger charge is -1.97. The van der Waals surface area contributed by atoms with Crippen molar-refractivity contribution in [2.45, 2.75) is 6.92 Å². The van der Waals surface area contributed by atoms with Gasteiger partial charge in [-0.2, -0.15) is 0 Å². The van der Waals surface area contributed by atoms with E-state index in [2.05, 4.69) is 34.0 Å². The Kier molecular flexibility index (Phi) is 3.69. The summed E-state index contributed by atoms with van der Waals surface area (Å²) in [6.45, 7) is 0.592. The Morgan fingerprint density at radius 1 is 1.71 bits per heavy atom. The molecule has 5 heteroatoms. The van der Waals surface area contributed by atoms with E-state index in [4.69, 9.17) is 4.18 Å². The minimum absolute atomic E-state index is 0.561. The van der Waals surface area contributed by atoms with Crippen molar-refractivity contribution in [1.82, 2.24) is 0 Å². The first-order valence-corrected chi connectivity index (χ1v) is 6.14. The molecule has 1 nitrogen and oxygen atoms in total. The third-order valence-electron chi connectivity index (χ3n) is 0.267. The van der Waals surface area contributed by atoms with Crippen LogP contribution in [0.5, 0.6) is 0 Å². The van der Waals surface area contributed by atoms with E-state index in [1.165, 1.54) is 0 Å². The van der Waals surface area contributed by atoms with Crippen LogP contribution in [-0.4, -0.2) is 6.61 Å². The molecule has 0 aliphatic carbocycles. The Bertz CT molecular complexity index is 123. The molecular weight excluding hydrogens is 168 g/mol. The molecule has 0 aromatic carbocycles. The summed E-state index contributed by atoms with van der Waals surface area (Å²) in [5.74, 6) is 0. The summed E-state index contributed by atoms with van der Waals surface area (Å²) in [7, 11) is 0. The Morgan fingerprint density at radius 3 is 2.14 bits per heavy atom. The van der Waals surface area contributed by atoms with E-state index in [0.717, 1.165) is 0 Å². The van der Waals surface area contributed by atoms with Crippen molar-refractivity contribution in [3.05, 3.63) is 0 Å². The number of hydrogen-bond acceptors (Lipinski definition) is 3. The van der Waals surface area contributed by atoms with Gasteiger partial charge in [-0.1, -0.05) is 11.7 Å². The fraction of sp³-hybridized carbons (Fsp3) is 1.00. The van der Waals surface area contributed by atoms with Gasteiger partial charge in [0.1, 0.15) is 0 Å². The van der Waals surface area contributed by atoms with Gasteiger partial charge in [0.15, 0.2) is 0 Å². The van der Waals surface area contributed by atoms with E-state index in [0.29, 0.717) is 6.61 Å². The molecule has 0 heterocycles. The zero-order chi connectivity index (χ0) is 5.91. The van der Waals surface area contributed by atoms with Gasteiger partial charge in [-0.05, 0) is 29.3 Å². The zero-order valence-electron chi connectivity index (χ0n) is 3.79. The molecule has 0 amide bonds. The van der Waals surface area contributed by atoms with Crippen LogP contribution < -0.4 is 0 Å². The smallest absolute Gasteiger partial charge is 0.0679 e. The number of hydrogen-bond donors (Lipinski definition) is 1. The average molecular weight is 174 g/mol. The van der Waals surface area contributed by atoms with Gasteiger partial charge in [-0.25, -0.2) is 0 Å². The highest BCUT2D eigenvalue weighted by Crippen LogP contribution is 1.97. The summed E-state index contributed by atoms with van der Waals surface area (Å²) in [5.41, 5.74) is 0. The van der Waals surface area contributed by atoms with Crippen LogP contribution in [0.15, 0.2) is 0 Å². The third-order valence-corrected chi connectivity index (χ3v) is 1.69. The first kappa shape index (κ1) is 8.10. The molecule has 0 unspecified atom stereocenters. The molecule has 0 bridgehead atoms. The second-order valence-corrected chi connectivity index (χ2v) is 8.40. The van der Waals surface area contributed by atoms with Crippen molar-refractivity contribution < 1.29 is 4.18 Å². The molecule has 0 aromatic heterocycles. The van der Waals surface area contributed by atoms with Gasteiger partial charge in [-0.15, -0.1) is 0 Å². The first-order valence-electron chi connectivity index (χ1n) is 1.68. The lowest BCUT2D eigenvalue weighted by atomic mass is 10.9. The van der Waals surface area contributed by atoms with Gasteiger partial charge in [0.25, 0.3) is 0 Å². The summed E-state index contributed by atoms with van der Waals surface area (Å²) in [5, 5.41) is 0. The van der Waals surface area contributed by atoms with Crippen molar-refractivity contribution in [2.24, 2.45) is 0 Å². The quantitative estimate of drug-likeness (QED) is 0.491. The molecule has 0 aliphatic rings. The fourth-order valence-electron chi connectivity index (χ4n) is 0.149. The minimum Gasteiger partial charge on any atom is -0.302 e. The lowest BCUT2D eigenvalue weighted by Crippen LogP contribution is -1.90. The summed E-state index contributed by atoms with van der Waals surface area (Å²) in [6.07, 6.45) is 0. The molecule has 44 valence electrons. The van der Waals surface area contributed by atoms with Crippen molar-refractivity contribution >= 4 is 40.5 Å². The highest BCUT2D eigenvalue weighted by atomic mass is 33.5. The van der Waals surface area contributed by atoms with Crippen LogP contribution in [-0.2, 0) is 33.0 Å². The average Bonchev–Trinajstić information content (AvgIpc) is 1.30. The van der Waals surface area contributed by atoms with E-state index < -0.39 is 6.46 Å². The molecule has 0 rings (SSSR count). The van der Waals surface area contributed by atoms with Crippen LogP contribution in [0.3, 0.4) is 0 Å². The van der Waals surface area contributed by atoms with E-state index in [9.17, 15) is 0 Å². The van der Waals surface area contributed by atoms with E-state index >= 15 is 0 Å². The van der Waals surface area contributed by atoms with E-state index in [-0.39, 0.29) is 0 Å². The normalized spacial score (nSPS) is 11.7. The largest absolute Gasteiger partial charge is 0.302 e. The maximum atomic E-state index is 4.81. The van der Waals surface area contributed by atoms with E-state index in [1.807, 2.05) is 6.92 Å². The molecule has 7 heavy (non-hydrogen) atoms. The molecule has 0 saturated carbocycles.